The van der Waals surface area contributed by atoms with Crippen molar-refractivity contribution in [2.45, 2.75) is 19.2 Å². The van der Waals surface area contributed by atoms with Gasteiger partial charge in [-0.25, -0.2) is 0 Å². The Bertz CT molecular complexity index is 558. The molecule has 4 aliphatic rings. The van der Waals surface area contributed by atoms with E-state index in [1.807, 2.05) is 21.6 Å². The molecule has 120 valence electrons. The summed E-state index contributed by atoms with van der Waals surface area (Å²) < 4.78 is 0. The first-order valence-corrected chi connectivity index (χ1v) is 8.43. The van der Waals surface area contributed by atoms with Gasteiger partial charge in [0.25, 0.3) is 0 Å². The lowest BCUT2D eigenvalue weighted by Crippen LogP contribution is -2.29. The Hall–Kier alpha value is -1.39. The van der Waals surface area contributed by atoms with Crippen LogP contribution in [0.1, 0.15) is 13.3 Å². The van der Waals surface area contributed by atoms with Crippen LogP contribution < -0.4 is 0 Å². The molecule has 2 atom stereocenters. The van der Waals surface area contributed by atoms with Crippen molar-refractivity contribution in [3.63, 3.8) is 0 Å². The fraction of sp³-hybridized carbons (Fsp3) is 0.600. The Morgan fingerprint density at radius 3 is 1.91 bits per heavy atom. The fourth-order valence-electron chi connectivity index (χ4n) is 2.28. The zero-order valence-corrected chi connectivity index (χ0v) is 13.9. The van der Waals surface area contributed by atoms with Crippen molar-refractivity contribution in [1.82, 2.24) is 14.7 Å². The molecule has 0 bridgehead atoms. The SMILES string of the molecule is CCC(O)P.O=C1C=C(N2CC2)C(=O)C(N2CC2)=C1N1CC1. The van der Waals surface area contributed by atoms with Gasteiger partial charge in [0.1, 0.15) is 11.4 Å². The molecule has 1 aliphatic carbocycles. The molecule has 0 amide bonds. The van der Waals surface area contributed by atoms with E-state index in [-0.39, 0.29) is 17.4 Å². The Morgan fingerprint density at radius 1 is 1.05 bits per heavy atom. The summed E-state index contributed by atoms with van der Waals surface area (Å²) in [7, 11) is 2.29. The molecule has 7 heteroatoms. The van der Waals surface area contributed by atoms with Crippen LogP contribution in [0.3, 0.4) is 0 Å². The number of aliphatic hydroxyl groups excluding tert-OH is 1. The van der Waals surface area contributed by atoms with Crippen LogP contribution in [0.4, 0.5) is 0 Å². The highest BCUT2D eigenvalue weighted by Crippen LogP contribution is 2.33. The summed E-state index contributed by atoms with van der Waals surface area (Å²) in [6.07, 6.45) is 2.35. The average Bonchev–Trinajstić information content (AvgIpc) is 3.34. The van der Waals surface area contributed by atoms with Gasteiger partial charge in [0.2, 0.25) is 11.6 Å². The van der Waals surface area contributed by atoms with Gasteiger partial charge < -0.3 is 19.8 Å². The number of carbonyl (C=O) groups excluding carboxylic acids is 2. The molecule has 0 radical (unpaired) electrons. The van der Waals surface area contributed by atoms with Crippen LogP contribution in [-0.2, 0) is 9.59 Å². The van der Waals surface area contributed by atoms with Gasteiger partial charge in [0.15, 0.2) is 0 Å². The maximum atomic E-state index is 12.4. The number of Topliss-reactive ketones (excluding diaryl/α,β-unsaturated/α-hetero) is 1. The van der Waals surface area contributed by atoms with Gasteiger partial charge in [-0.1, -0.05) is 6.92 Å². The second-order valence-electron chi connectivity index (χ2n) is 5.86. The van der Waals surface area contributed by atoms with E-state index < -0.39 is 0 Å². The van der Waals surface area contributed by atoms with Gasteiger partial charge in [-0.2, -0.15) is 0 Å². The highest BCUT2D eigenvalue weighted by Gasteiger charge is 2.43. The van der Waals surface area contributed by atoms with Crippen LogP contribution >= 0.6 is 9.24 Å². The Labute approximate surface area is 132 Å². The average molecular weight is 323 g/mol. The quantitative estimate of drug-likeness (QED) is 0.438. The van der Waals surface area contributed by atoms with Gasteiger partial charge in [-0.15, -0.1) is 9.24 Å². The summed E-state index contributed by atoms with van der Waals surface area (Å²) in [5.41, 5.74) is 1.89. The lowest BCUT2D eigenvalue weighted by Gasteiger charge is -2.21. The van der Waals surface area contributed by atoms with Crippen molar-refractivity contribution < 1.29 is 14.7 Å². The topological polar surface area (TPSA) is 63.4 Å². The second kappa shape index (κ2) is 6.01. The third kappa shape index (κ3) is 3.33. The summed E-state index contributed by atoms with van der Waals surface area (Å²) in [6, 6.07) is 0. The monoisotopic (exact) mass is 323 g/mol. The zero-order chi connectivity index (χ0) is 15.9. The van der Waals surface area contributed by atoms with Crippen LogP contribution in [0.5, 0.6) is 0 Å². The maximum Gasteiger partial charge on any atom is 0.227 e. The summed E-state index contributed by atoms with van der Waals surface area (Å²) in [5.74, 6) is -0.151. The first-order valence-electron chi connectivity index (χ1n) is 7.76. The number of hydrogen-bond donors (Lipinski definition) is 1. The van der Waals surface area contributed by atoms with Crippen LogP contribution in [0.25, 0.3) is 0 Å². The van der Waals surface area contributed by atoms with Crippen molar-refractivity contribution in [2.24, 2.45) is 0 Å². The predicted octanol–water partition coefficient (Wildman–Crippen LogP) is -0.230. The van der Waals surface area contributed by atoms with Gasteiger partial charge >= 0.3 is 0 Å². The smallest absolute Gasteiger partial charge is 0.227 e. The van der Waals surface area contributed by atoms with E-state index in [0.717, 1.165) is 45.7 Å². The number of rotatable bonds is 4. The highest BCUT2D eigenvalue weighted by molar-refractivity contribution is 7.17. The molecule has 2 unspecified atom stereocenters. The molecule has 0 spiro atoms. The highest BCUT2D eigenvalue weighted by atomic mass is 31.0. The molecule has 4 rings (SSSR count). The van der Waals surface area contributed by atoms with E-state index in [9.17, 15) is 9.59 Å². The van der Waals surface area contributed by atoms with Gasteiger partial charge in [0.05, 0.1) is 11.5 Å². The minimum atomic E-state index is -0.199. The molecule has 0 aromatic rings. The van der Waals surface area contributed by atoms with Crippen molar-refractivity contribution in [3.8, 4) is 0 Å². The first-order chi connectivity index (χ1) is 10.5. The van der Waals surface area contributed by atoms with Gasteiger partial charge in [-0.05, 0) is 6.42 Å². The van der Waals surface area contributed by atoms with Crippen LogP contribution in [0.15, 0.2) is 23.2 Å². The van der Waals surface area contributed by atoms with Crippen molar-refractivity contribution in [1.29, 1.82) is 0 Å². The molecule has 3 fully saturated rings. The normalized spacial score (nSPS) is 24.0. The third-order valence-electron chi connectivity index (χ3n) is 3.91. The largest absolute Gasteiger partial charge is 0.389 e. The summed E-state index contributed by atoms with van der Waals surface area (Å²) in [6.45, 7) is 7.33. The zero-order valence-electron chi connectivity index (χ0n) is 12.8. The molecule has 6 nitrogen and oxygen atoms in total. The predicted molar refractivity (Wildman–Crippen MR) is 85.8 cm³/mol. The molecule has 3 heterocycles. The van der Waals surface area contributed by atoms with Gasteiger partial charge in [0, 0.05) is 45.3 Å². The van der Waals surface area contributed by atoms with E-state index in [1.165, 1.54) is 6.08 Å². The lowest BCUT2D eigenvalue weighted by molar-refractivity contribution is -0.117. The Morgan fingerprint density at radius 2 is 1.50 bits per heavy atom. The van der Waals surface area contributed by atoms with Crippen molar-refractivity contribution in [3.05, 3.63) is 23.2 Å². The number of allylic oxidation sites excluding steroid dienone is 1. The maximum absolute atomic E-state index is 12.4. The number of aliphatic hydroxyl groups is 1. The van der Waals surface area contributed by atoms with Crippen LogP contribution in [0.2, 0.25) is 0 Å². The number of nitrogens with zero attached hydrogens (tertiary/aromatic N) is 3. The number of carbonyl (C=O) groups is 2. The molecule has 3 saturated heterocycles. The molecular formula is C15H22N3O3P. The molecule has 3 aliphatic heterocycles. The van der Waals surface area contributed by atoms with E-state index in [0.29, 0.717) is 17.1 Å². The van der Waals surface area contributed by atoms with Gasteiger partial charge in [-0.3, -0.25) is 9.59 Å². The Kier molecular flexibility index (Phi) is 4.24. The summed E-state index contributed by atoms with van der Waals surface area (Å²) in [5, 5.41) is 8.32. The van der Waals surface area contributed by atoms with Crippen LogP contribution in [-0.4, -0.2) is 76.5 Å². The standard InChI is InChI=1S/C12H13N3O2.C3H9OP/c16-9-7-8(13-1-2-13)12(17)11(15-5-6-15)10(9)14-3-4-14;1-2-3(4)5/h7H,1-6H2;3-4H,2,5H2,1H3. The molecular weight excluding hydrogens is 301 g/mol. The lowest BCUT2D eigenvalue weighted by atomic mass is 10.0. The molecule has 22 heavy (non-hydrogen) atoms. The van der Waals surface area contributed by atoms with E-state index >= 15 is 0 Å². The minimum Gasteiger partial charge on any atom is -0.389 e. The summed E-state index contributed by atoms with van der Waals surface area (Å²) >= 11 is 0. The Balaban J connectivity index is 0.000000254. The third-order valence-corrected chi connectivity index (χ3v) is 4.38. The minimum absolute atomic E-state index is 0.00546. The molecule has 0 aromatic carbocycles. The van der Waals surface area contributed by atoms with E-state index in [1.54, 1.807) is 0 Å². The molecule has 1 N–H and O–H groups in total. The van der Waals surface area contributed by atoms with Crippen LogP contribution in [0, 0.1) is 0 Å². The fourth-order valence-corrected chi connectivity index (χ4v) is 2.28. The van der Waals surface area contributed by atoms with Crippen molar-refractivity contribution in [2.75, 3.05) is 39.3 Å². The van der Waals surface area contributed by atoms with E-state index in [2.05, 4.69) is 9.24 Å². The van der Waals surface area contributed by atoms with E-state index in [4.69, 9.17) is 5.11 Å². The first kappa shape index (κ1) is 15.5. The summed E-state index contributed by atoms with van der Waals surface area (Å²) in [4.78, 5) is 30.5. The van der Waals surface area contributed by atoms with Crippen molar-refractivity contribution >= 4 is 20.8 Å². The number of ketones is 2. The number of hydrogen-bond acceptors (Lipinski definition) is 6. The second-order valence-corrected chi connectivity index (χ2v) is 6.63. The molecule has 0 saturated carbocycles. The molecule has 0 aromatic heterocycles.